The van der Waals surface area contributed by atoms with E-state index in [-0.39, 0.29) is 12.1 Å². The Balaban J connectivity index is 1.57. The molecule has 0 saturated heterocycles. The average molecular weight is 318 g/mol. The summed E-state index contributed by atoms with van der Waals surface area (Å²) in [5, 5.41) is 9.21. The van der Waals surface area contributed by atoms with E-state index in [1.165, 1.54) is 6.26 Å². The first-order valence-electron chi connectivity index (χ1n) is 6.82. The smallest absolute Gasteiger partial charge is 0.254 e. The van der Waals surface area contributed by atoms with Gasteiger partial charge >= 0.3 is 0 Å². The van der Waals surface area contributed by atoms with Crippen LogP contribution in [0, 0.1) is 11.6 Å². The number of carbonyl (C=O) groups is 1. The van der Waals surface area contributed by atoms with E-state index in [2.05, 4.69) is 20.5 Å². The topological polar surface area (TPSA) is 83.8 Å². The molecule has 118 valence electrons. The summed E-state index contributed by atoms with van der Waals surface area (Å²) in [6, 6.07) is 6.17. The van der Waals surface area contributed by atoms with Crippen LogP contribution >= 0.6 is 0 Å². The average Bonchev–Trinajstić information content (AvgIpc) is 3.20. The van der Waals surface area contributed by atoms with Crippen LogP contribution in [0.4, 0.5) is 8.78 Å². The number of hydrogen-bond acceptors (Lipinski definition) is 4. The molecule has 8 heteroatoms. The molecule has 3 aromatic rings. The minimum absolute atomic E-state index is 0.196. The van der Waals surface area contributed by atoms with Gasteiger partial charge in [0.1, 0.15) is 17.5 Å². The maximum Gasteiger partial charge on any atom is 0.254 e. The Morgan fingerprint density at radius 2 is 2.17 bits per heavy atom. The molecule has 0 atom stereocenters. The van der Waals surface area contributed by atoms with Crippen molar-refractivity contribution >= 4 is 5.91 Å². The van der Waals surface area contributed by atoms with Crippen LogP contribution in [-0.4, -0.2) is 27.6 Å². The monoisotopic (exact) mass is 318 g/mol. The number of nitrogens with one attached hydrogen (secondary N) is 2. The molecule has 0 aliphatic rings. The van der Waals surface area contributed by atoms with E-state index in [1.807, 2.05) is 0 Å². The molecular formula is C15H12F2N4O2. The second-order valence-corrected chi connectivity index (χ2v) is 4.71. The van der Waals surface area contributed by atoms with E-state index in [1.54, 1.807) is 12.1 Å². The number of H-pyrrole nitrogens is 1. The van der Waals surface area contributed by atoms with Crippen LogP contribution in [-0.2, 0) is 6.42 Å². The van der Waals surface area contributed by atoms with Crippen LogP contribution in [0.2, 0.25) is 0 Å². The summed E-state index contributed by atoms with van der Waals surface area (Å²) >= 11 is 0. The highest BCUT2D eigenvalue weighted by Crippen LogP contribution is 2.14. The van der Waals surface area contributed by atoms with Crippen molar-refractivity contribution in [3.8, 4) is 11.6 Å². The second kappa shape index (κ2) is 6.39. The largest absolute Gasteiger partial charge is 0.461 e. The lowest BCUT2D eigenvalue weighted by molar-refractivity contribution is 0.0949. The highest BCUT2D eigenvalue weighted by Gasteiger charge is 2.13. The molecule has 0 aliphatic carbocycles. The van der Waals surface area contributed by atoms with Gasteiger partial charge in [-0.05, 0) is 30.3 Å². The number of rotatable bonds is 5. The number of nitrogens with zero attached hydrogens (tertiary/aromatic N) is 2. The number of furan rings is 1. The third-order valence-corrected chi connectivity index (χ3v) is 3.09. The van der Waals surface area contributed by atoms with E-state index in [0.29, 0.717) is 23.8 Å². The zero-order chi connectivity index (χ0) is 16.2. The van der Waals surface area contributed by atoms with E-state index in [9.17, 15) is 13.6 Å². The minimum atomic E-state index is -0.774. The minimum Gasteiger partial charge on any atom is -0.461 e. The SMILES string of the molecule is O=C(NCCc1nc(-c2ccco2)n[nH]1)c1cc(F)ccc1F. The Morgan fingerprint density at radius 1 is 1.30 bits per heavy atom. The zero-order valence-corrected chi connectivity index (χ0v) is 11.8. The molecule has 0 unspecified atom stereocenters. The third-order valence-electron chi connectivity index (χ3n) is 3.09. The molecule has 0 aliphatic heterocycles. The fourth-order valence-corrected chi connectivity index (χ4v) is 1.98. The Bertz CT molecular complexity index is 815. The first-order chi connectivity index (χ1) is 11.1. The number of hydrogen-bond donors (Lipinski definition) is 2. The van der Waals surface area contributed by atoms with Crippen molar-refractivity contribution in [2.45, 2.75) is 6.42 Å². The molecular weight excluding hydrogens is 306 g/mol. The van der Waals surface area contributed by atoms with Gasteiger partial charge in [-0.3, -0.25) is 9.89 Å². The van der Waals surface area contributed by atoms with E-state index >= 15 is 0 Å². The van der Waals surface area contributed by atoms with Crippen LogP contribution < -0.4 is 5.32 Å². The lowest BCUT2D eigenvalue weighted by Crippen LogP contribution is -2.27. The summed E-state index contributed by atoms with van der Waals surface area (Å²) in [5.41, 5.74) is -0.334. The van der Waals surface area contributed by atoms with Gasteiger partial charge in [-0.1, -0.05) is 0 Å². The summed E-state index contributed by atoms with van der Waals surface area (Å²) < 4.78 is 31.7. The lowest BCUT2D eigenvalue weighted by Gasteiger charge is -2.05. The number of aromatic amines is 1. The van der Waals surface area contributed by atoms with Crippen LogP contribution in [0.1, 0.15) is 16.2 Å². The Morgan fingerprint density at radius 3 is 2.96 bits per heavy atom. The molecule has 1 aromatic carbocycles. The molecule has 0 radical (unpaired) electrons. The summed E-state index contributed by atoms with van der Waals surface area (Å²) in [7, 11) is 0. The van der Waals surface area contributed by atoms with Crippen molar-refractivity contribution in [3.05, 3.63) is 59.6 Å². The summed E-state index contributed by atoms with van der Waals surface area (Å²) in [5.74, 6) is -0.659. The lowest BCUT2D eigenvalue weighted by atomic mass is 10.2. The highest BCUT2D eigenvalue weighted by molar-refractivity contribution is 5.94. The van der Waals surface area contributed by atoms with Crippen molar-refractivity contribution in [1.82, 2.24) is 20.5 Å². The molecule has 0 bridgehead atoms. The van der Waals surface area contributed by atoms with Gasteiger partial charge in [-0.15, -0.1) is 0 Å². The second-order valence-electron chi connectivity index (χ2n) is 4.71. The quantitative estimate of drug-likeness (QED) is 0.756. The van der Waals surface area contributed by atoms with Crippen molar-refractivity contribution < 1.29 is 18.0 Å². The summed E-state index contributed by atoms with van der Waals surface area (Å²) in [6.45, 7) is 0.196. The van der Waals surface area contributed by atoms with Gasteiger partial charge in [-0.2, -0.15) is 5.10 Å². The van der Waals surface area contributed by atoms with Crippen molar-refractivity contribution in [2.75, 3.05) is 6.54 Å². The van der Waals surface area contributed by atoms with Crippen LogP contribution in [0.5, 0.6) is 0 Å². The van der Waals surface area contributed by atoms with Gasteiger partial charge in [0, 0.05) is 13.0 Å². The number of benzene rings is 1. The van der Waals surface area contributed by atoms with Gasteiger partial charge in [0.25, 0.3) is 5.91 Å². The Hall–Kier alpha value is -3.03. The predicted octanol–water partition coefficient (Wildman–Crippen LogP) is 2.32. The van der Waals surface area contributed by atoms with Crippen molar-refractivity contribution in [2.24, 2.45) is 0 Å². The number of amides is 1. The standard InChI is InChI=1S/C15H12F2N4O2/c16-9-3-4-11(17)10(8-9)15(22)18-6-5-13-19-14(21-20-13)12-2-1-7-23-12/h1-4,7-8H,5-6H2,(H,18,22)(H,19,20,21). The number of halogens is 2. The van der Waals surface area contributed by atoms with Gasteiger partial charge in [0.05, 0.1) is 11.8 Å². The van der Waals surface area contributed by atoms with E-state index in [0.717, 1.165) is 18.2 Å². The molecule has 3 rings (SSSR count). The van der Waals surface area contributed by atoms with Gasteiger partial charge in [-0.25, -0.2) is 13.8 Å². The molecule has 0 fully saturated rings. The zero-order valence-electron chi connectivity index (χ0n) is 11.8. The maximum absolute atomic E-state index is 13.5. The molecule has 23 heavy (non-hydrogen) atoms. The first-order valence-corrected chi connectivity index (χ1v) is 6.82. The molecule has 0 saturated carbocycles. The van der Waals surface area contributed by atoms with E-state index < -0.39 is 17.5 Å². The molecule has 2 N–H and O–H groups in total. The van der Waals surface area contributed by atoms with Gasteiger partial charge < -0.3 is 9.73 Å². The number of carbonyl (C=O) groups excluding carboxylic acids is 1. The molecule has 1 amide bonds. The summed E-state index contributed by atoms with van der Waals surface area (Å²) in [6.07, 6.45) is 1.87. The Kier molecular flexibility index (Phi) is 4.13. The first kappa shape index (κ1) is 14.9. The van der Waals surface area contributed by atoms with Crippen molar-refractivity contribution in [1.29, 1.82) is 0 Å². The fraction of sp³-hybridized carbons (Fsp3) is 0.133. The van der Waals surface area contributed by atoms with E-state index in [4.69, 9.17) is 4.42 Å². The molecule has 2 aromatic heterocycles. The van der Waals surface area contributed by atoms with Gasteiger partial charge in [0.2, 0.25) is 5.82 Å². The predicted molar refractivity (Wildman–Crippen MR) is 76.5 cm³/mol. The maximum atomic E-state index is 13.5. The van der Waals surface area contributed by atoms with Crippen LogP contribution in [0.15, 0.2) is 41.0 Å². The molecule has 0 spiro atoms. The highest BCUT2D eigenvalue weighted by atomic mass is 19.1. The fourth-order valence-electron chi connectivity index (χ4n) is 1.98. The van der Waals surface area contributed by atoms with Crippen LogP contribution in [0.3, 0.4) is 0 Å². The third kappa shape index (κ3) is 3.42. The van der Waals surface area contributed by atoms with Gasteiger partial charge in [0.15, 0.2) is 5.76 Å². The molecule has 2 heterocycles. The number of aromatic nitrogens is 3. The Labute approximate surface area is 129 Å². The normalized spacial score (nSPS) is 10.7. The van der Waals surface area contributed by atoms with Crippen molar-refractivity contribution in [3.63, 3.8) is 0 Å². The molecule has 6 nitrogen and oxygen atoms in total. The van der Waals surface area contributed by atoms with Crippen LogP contribution in [0.25, 0.3) is 11.6 Å². The summed E-state index contributed by atoms with van der Waals surface area (Å²) in [4.78, 5) is 16.0.